The molecule has 0 saturated carbocycles. The lowest BCUT2D eigenvalue weighted by Crippen LogP contribution is -2.42. The summed E-state index contributed by atoms with van der Waals surface area (Å²) >= 11 is 5.31. The van der Waals surface area contributed by atoms with Crippen LogP contribution in [0.2, 0.25) is 0 Å². The van der Waals surface area contributed by atoms with Gasteiger partial charge in [0.05, 0.1) is 6.10 Å². The average Bonchev–Trinajstić information content (AvgIpc) is 2.39. The van der Waals surface area contributed by atoms with Gasteiger partial charge in [-0.1, -0.05) is 6.92 Å². The van der Waals surface area contributed by atoms with E-state index in [1.54, 1.807) is 0 Å². The molecule has 1 unspecified atom stereocenters. The monoisotopic (exact) mass is 216 g/mol. The van der Waals surface area contributed by atoms with E-state index in [1.165, 1.54) is 0 Å². The van der Waals surface area contributed by atoms with E-state index in [-0.39, 0.29) is 0 Å². The van der Waals surface area contributed by atoms with Gasteiger partial charge in [-0.2, -0.15) is 0 Å². The Morgan fingerprint density at radius 3 is 3.14 bits per heavy atom. The van der Waals surface area contributed by atoms with Gasteiger partial charge in [0.15, 0.2) is 5.11 Å². The van der Waals surface area contributed by atoms with Gasteiger partial charge < -0.3 is 15.0 Å². The molecule has 0 aliphatic carbocycles. The van der Waals surface area contributed by atoms with Crippen molar-refractivity contribution in [1.82, 2.24) is 10.2 Å². The van der Waals surface area contributed by atoms with Crippen molar-refractivity contribution >= 4 is 17.3 Å². The number of hydrogen-bond donors (Lipinski definition) is 1. The lowest BCUT2D eigenvalue weighted by atomic mass is 10.3. The highest BCUT2D eigenvalue weighted by Crippen LogP contribution is 2.05. The SMILES string of the molecule is CCCNC(=S)N1CCCOC(C)C1. The van der Waals surface area contributed by atoms with Crippen LogP contribution in [0.3, 0.4) is 0 Å². The van der Waals surface area contributed by atoms with Crippen LogP contribution in [0.4, 0.5) is 0 Å². The second-order valence-electron chi connectivity index (χ2n) is 3.71. The highest BCUT2D eigenvalue weighted by atomic mass is 32.1. The van der Waals surface area contributed by atoms with E-state index in [1.807, 2.05) is 0 Å². The maximum absolute atomic E-state index is 5.56. The summed E-state index contributed by atoms with van der Waals surface area (Å²) in [5.41, 5.74) is 0. The van der Waals surface area contributed by atoms with E-state index in [0.717, 1.165) is 44.2 Å². The summed E-state index contributed by atoms with van der Waals surface area (Å²) in [7, 11) is 0. The number of hydrogen-bond acceptors (Lipinski definition) is 2. The van der Waals surface area contributed by atoms with Gasteiger partial charge in [-0.3, -0.25) is 0 Å². The minimum atomic E-state index is 0.291. The second-order valence-corrected chi connectivity index (χ2v) is 4.10. The number of ether oxygens (including phenoxy) is 1. The van der Waals surface area contributed by atoms with Crippen LogP contribution in [0, 0.1) is 0 Å². The van der Waals surface area contributed by atoms with Gasteiger partial charge in [0.2, 0.25) is 0 Å². The first kappa shape index (κ1) is 11.7. The van der Waals surface area contributed by atoms with Gasteiger partial charge >= 0.3 is 0 Å². The molecule has 0 aromatic heterocycles. The molecular weight excluding hydrogens is 196 g/mol. The van der Waals surface area contributed by atoms with Crippen molar-refractivity contribution in [2.45, 2.75) is 32.8 Å². The first-order chi connectivity index (χ1) is 6.74. The molecule has 0 radical (unpaired) electrons. The minimum absolute atomic E-state index is 0.291. The Hall–Kier alpha value is -0.350. The Balaban J connectivity index is 2.36. The average molecular weight is 216 g/mol. The molecule has 1 fully saturated rings. The predicted octanol–water partition coefficient (Wildman–Crippen LogP) is 1.38. The predicted molar refractivity (Wildman–Crippen MR) is 62.5 cm³/mol. The van der Waals surface area contributed by atoms with Crippen LogP contribution >= 0.6 is 12.2 Å². The molecule has 0 aromatic rings. The van der Waals surface area contributed by atoms with Crippen LogP contribution in [-0.2, 0) is 4.74 Å². The molecule has 1 atom stereocenters. The van der Waals surface area contributed by atoms with Crippen molar-refractivity contribution in [3.63, 3.8) is 0 Å². The zero-order valence-electron chi connectivity index (χ0n) is 9.08. The molecule has 14 heavy (non-hydrogen) atoms. The molecule has 1 aliphatic rings. The van der Waals surface area contributed by atoms with Gasteiger partial charge in [0.1, 0.15) is 0 Å². The Morgan fingerprint density at radius 2 is 2.43 bits per heavy atom. The summed E-state index contributed by atoms with van der Waals surface area (Å²) in [6.45, 7) is 7.98. The Labute approximate surface area is 91.8 Å². The summed E-state index contributed by atoms with van der Waals surface area (Å²) in [4.78, 5) is 2.21. The summed E-state index contributed by atoms with van der Waals surface area (Å²) in [6, 6.07) is 0. The normalized spacial score (nSPS) is 23.0. The fourth-order valence-electron chi connectivity index (χ4n) is 1.52. The molecule has 0 aromatic carbocycles. The van der Waals surface area contributed by atoms with Gasteiger partial charge in [-0.25, -0.2) is 0 Å². The third kappa shape index (κ3) is 3.80. The van der Waals surface area contributed by atoms with Crippen LogP contribution < -0.4 is 5.32 Å². The molecule has 1 rings (SSSR count). The molecule has 3 nitrogen and oxygen atoms in total. The smallest absolute Gasteiger partial charge is 0.169 e. The Bertz CT molecular complexity index is 187. The first-order valence-electron chi connectivity index (χ1n) is 5.38. The van der Waals surface area contributed by atoms with Crippen LogP contribution in [0.25, 0.3) is 0 Å². The largest absolute Gasteiger partial charge is 0.377 e. The number of thiocarbonyl (C=S) groups is 1. The Morgan fingerprint density at radius 1 is 1.64 bits per heavy atom. The fraction of sp³-hybridized carbons (Fsp3) is 0.900. The van der Waals surface area contributed by atoms with Crippen molar-refractivity contribution in [2.75, 3.05) is 26.2 Å². The zero-order chi connectivity index (χ0) is 10.4. The number of nitrogens with one attached hydrogen (secondary N) is 1. The highest BCUT2D eigenvalue weighted by Gasteiger charge is 2.16. The fourth-order valence-corrected chi connectivity index (χ4v) is 1.79. The molecule has 1 saturated heterocycles. The van der Waals surface area contributed by atoms with Crippen LogP contribution in [0.1, 0.15) is 26.7 Å². The minimum Gasteiger partial charge on any atom is -0.377 e. The van der Waals surface area contributed by atoms with E-state index in [0.29, 0.717) is 6.10 Å². The van der Waals surface area contributed by atoms with Crippen molar-refractivity contribution < 1.29 is 4.74 Å². The van der Waals surface area contributed by atoms with Gasteiger partial charge in [-0.05, 0) is 32.0 Å². The van der Waals surface area contributed by atoms with Crippen molar-refractivity contribution in [1.29, 1.82) is 0 Å². The Kier molecular flexibility index (Phi) is 5.19. The summed E-state index contributed by atoms with van der Waals surface area (Å²) < 4.78 is 5.56. The number of rotatable bonds is 2. The third-order valence-corrected chi connectivity index (χ3v) is 2.67. The molecule has 82 valence electrons. The molecule has 1 aliphatic heterocycles. The number of nitrogens with zero attached hydrogens (tertiary/aromatic N) is 1. The zero-order valence-corrected chi connectivity index (χ0v) is 9.90. The topological polar surface area (TPSA) is 24.5 Å². The van der Waals surface area contributed by atoms with Crippen molar-refractivity contribution in [2.24, 2.45) is 0 Å². The van der Waals surface area contributed by atoms with Gasteiger partial charge in [0.25, 0.3) is 0 Å². The first-order valence-corrected chi connectivity index (χ1v) is 5.79. The lowest BCUT2D eigenvalue weighted by molar-refractivity contribution is 0.0743. The maximum atomic E-state index is 5.56. The van der Waals surface area contributed by atoms with E-state index in [4.69, 9.17) is 17.0 Å². The molecule has 0 amide bonds. The van der Waals surface area contributed by atoms with Crippen LogP contribution in [0.15, 0.2) is 0 Å². The van der Waals surface area contributed by atoms with E-state index in [9.17, 15) is 0 Å². The van der Waals surface area contributed by atoms with Gasteiger partial charge in [0, 0.05) is 26.2 Å². The quantitative estimate of drug-likeness (QED) is 0.705. The van der Waals surface area contributed by atoms with E-state index >= 15 is 0 Å². The van der Waals surface area contributed by atoms with Gasteiger partial charge in [-0.15, -0.1) is 0 Å². The highest BCUT2D eigenvalue weighted by molar-refractivity contribution is 7.80. The molecular formula is C10H20N2OS. The van der Waals surface area contributed by atoms with Crippen LogP contribution in [0.5, 0.6) is 0 Å². The molecule has 1 heterocycles. The summed E-state index contributed by atoms with van der Waals surface area (Å²) in [6.07, 6.45) is 2.47. The van der Waals surface area contributed by atoms with Crippen molar-refractivity contribution in [3.8, 4) is 0 Å². The summed E-state index contributed by atoms with van der Waals surface area (Å²) in [5, 5.41) is 4.13. The summed E-state index contributed by atoms with van der Waals surface area (Å²) in [5.74, 6) is 0. The lowest BCUT2D eigenvalue weighted by Gasteiger charge is -2.25. The molecule has 0 bridgehead atoms. The molecule has 0 spiro atoms. The van der Waals surface area contributed by atoms with Crippen LogP contribution in [-0.4, -0.2) is 42.4 Å². The third-order valence-electron chi connectivity index (χ3n) is 2.27. The maximum Gasteiger partial charge on any atom is 0.169 e. The van der Waals surface area contributed by atoms with E-state index in [2.05, 4.69) is 24.1 Å². The molecule has 1 N–H and O–H groups in total. The molecule has 4 heteroatoms. The van der Waals surface area contributed by atoms with Crippen molar-refractivity contribution in [3.05, 3.63) is 0 Å². The standard InChI is InChI=1S/C10H20N2OS/c1-3-5-11-10(14)12-6-4-7-13-9(2)8-12/h9H,3-8H2,1-2H3,(H,11,14). The second kappa shape index (κ2) is 6.19. The van der Waals surface area contributed by atoms with E-state index < -0.39 is 0 Å².